The number of sulfonamides is 1. The standard InChI is InChI=1S/C21H22N4O4S/c1-3-14-29-18-8-4-16(5-9-18)20(26)24-17-6-10-19(11-7-17)30(27,28)25-21-22-13-12-15(2)23-21/h4-13H,3,14H2,1-2H3,(H,24,26)(H,22,23,25). The number of amides is 1. The van der Waals surface area contributed by atoms with Gasteiger partial charge in [0.15, 0.2) is 0 Å². The maximum Gasteiger partial charge on any atom is 0.264 e. The van der Waals surface area contributed by atoms with Gasteiger partial charge in [-0.1, -0.05) is 6.92 Å². The van der Waals surface area contributed by atoms with Crippen molar-refractivity contribution >= 4 is 27.6 Å². The fraction of sp³-hybridized carbons (Fsp3) is 0.190. The second-order valence-corrected chi connectivity index (χ2v) is 8.16. The van der Waals surface area contributed by atoms with E-state index in [9.17, 15) is 13.2 Å². The number of carbonyl (C=O) groups excluding carboxylic acids is 1. The summed E-state index contributed by atoms with van der Waals surface area (Å²) in [5, 5.41) is 2.74. The van der Waals surface area contributed by atoms with E-state index in [0.29, 0.717) is 29.3 Å². The molecule has 1 aromatic heterocycles. The normalized spacial score (nSPS) is 11.0. The zero-order chi connectivity index (χ0) is 21.6. The molecule has 1 amide bonds. The number of anilines is 2. The van der Waals surface area contributed by atoms with Gasteiger partial charge in [0.25, 0.3) is 15.9 Å². The number of hydrogen-bond donors (Lipinski definition) is 2. The number of nitrogens with zero attached hydrogens (tertiary/aromatic N) is 2. The summed E-state index contributed by atoms with van der Waals surface area (Å²) in [6.45, 7) is 4.37. The van der Waals surface area contributed by atoms with Crippen molar-refractivity contribution in [2.24, 2.45) is 0 Å². The van der Waals surface area contributed by atoms with Gasteiger partial charge >= 0.3 is 0 Å². The first-order chi connectivity index (χ1) is 14.4. The number of hydrogen-bond acceptors (Lipinski definition) is 6. The molecule has 0 bridgehead atoms. The molecule has 0 aliphatic carbocycles. The number of aryl methyl sites for hydroxylation is 1. The van der Waals surface area contributed by atoms with E-state index in [-0.39, 0.29) is 16.8 Å². The van der Waals surface area contributed by atoms with E-state index in [1.807, 2.05) is 6.92 Å². The van der Waals surface area contributed by atoms with Crippen molar-refractivity contribution in [1.82, 2.24) is 9.97 Å². The Bertz CT molecular complexity index is 1110. The molecule has 156 valence electrons. The molecule has 3 aromatic rings. The average Bonchev–Trinajstić information content (AvgIpc) is 2.72. The Kier molecular flexibility index (Phi) is 6.63. The van der Waals surface area contributed by atoms with Gasteiger partial charge in [-0.15, -0.1) is 0 Å². The zero-order valence-corrected chi connectivity index (χ0v) is 17.4. The lowest BCUT2D eigenvalue weighted by Gasteiger charge is -2.09. The van der Waals surface area contributed by atoms with Crippen molar-refractivity contribution in [3.63, 3.8) is 0 Å². The molecule has 8 nitrogen and oxygen atoms in total. The fourth-order valence-corrected chi connectivity index (χ4v) is 3.47. The van der Waals surface area contributed by atoms with Crippen LogP contribution in [0.4, 0.5) is 11.6 Å². The van der Waals surface area contributed by atoms with E-state index in [2.05, 4.69) is 20.0 Å². The van der Waals surface area contributed by atoms with Gasteiger partial charge in [-0.25, -0.2) is 23.1 Å². The average molecular weight is 426 g/mol. The summed E-state index contributed by atoms with van der Waals surface area (Å²) in [7, 11) is -3.84. The molecule has 30 heavy (non-hydrogen) atoms. The topological polar surface area (TPSA) is 110 Å². The number of carbonyl (C=O) groups is 1. The minimum absolute atomic E-state index is 0.00116. The number of rotatable bonds is 8. The Labute approximate surface area is 175 Å². The van der Waals surface area contributed by atoms with Crippen LogP contribution in [-0.2, 0) is 10.0 Å². The highest BCUT2D eigenvalue weighted by Crippen LogP contribution is 2.18. The highest BCUT2D eigenvalue weighted by atomic mass is 32.2. The van der Waals surface area contributed by atoms with E-state index in [0.717, 1.165) is 6.42 Å². The monoisotopic (exact) mass is 426 g/mol. The maximum atomic E-state index is 12.5. The number of nitrogens with one attached hydrogen (secondary N) is 2. The second-order valence-electron chi connectivity index (χ2n) is 6.48. The lowest BCUT2D eigenvalue weighted by molar-refractivity contribution is 0.102. The van der Waals surface area contributed by atoms with Crippen LogP contribution in [-0.4, -0.2) is 30.9 Å². The molecule has 2 N–H and O–H groups in total. The summed E-state index contributed by atoms with van der Waals surface area (Å²) in [5.74, 6) is 0.394. The van der Waals surface area contributed by atoms with Gasteiger partial charge in [0.05, 0.1) is 11.5 Å². The Morgan fingerprint density at radius 1 is 1.03 bits per heavy atom. The molecule has 9 heteroatoms. The smallest absolute Gasteiger partial charge is 0.264 e. The Hall–Kier alpha value is -3.46. The third kappa shape index (κ3) is 5.54. The molecule has 0 aliphatic heterocycles. The summed E-state index contributed by atoms with van der Waals surface area (Å²) >= 11 is 0. The third-order valence-electron chi connectivity index (χ3n) is 4.03. The highest BCUT2D eigenvalue weighted by Gasteiger charge is 2.16. The van der Waals surface area contributed by atoms with Gasteiger partial charge in [0, 0.05) is 23.1 Å². The lowest BCUT2D eigenvalue weighted by Crippen LogP contribution is -2.16. The van der Waals surface area contributed by atoms with E-state index in [4.69, 9.17) is 4.74 Å². The minimum Gasteiger partial charge on any atom is -0.494 e. The van der Waals surface area contributed by atoms with Gasteiger partial charge in [0.2, 0.25) is 5.95 Å². The molecule has 3 rings (SSSR count). The van der Waals surface area contributed by atoms with Crippen molar-refractivity contribution in [2.45, 2.75) is 25.2 Å². The van der Waals surface area contributed by atoms with Crippen molar-refractivity contribution in [1.29, 1.82) is 0 Å². The highest BCUT2D eigenvalue weighted by molar-refractivity contribution is 7.92. The molecule has 0 fully saturated rings. The van der Waals surface area contributed by atoms with Crippen LogP contribution in [0.2, 0.25) is 0 Å². The van der Waals surface area contributed by atoms with Crippen LogP contribution < -0.4 is 14.8 Å². The summed E-state index contributed by atoms with van der Waals surface area (Å²) in [4.78, 5) is 20.4. The van der Waals surface area contributed by atoms with E-state index in [1.165, 1.54) is 30.5 Å². The summed E-state index contributed by atoms with van der Waals surface area (Å²) < 4.78 is 32.8. The van der Waals surface area contributed by atoms with Gasteiger partial charge in [-0.2, -0.15) is 0 Å². The molecule has 0 aliphatic rings. The van der Waals surface area contributed by atoms with Crippen molar-refractivity contribution < 1.29 is 17.9 Å². The largest absolute Gasteiger partial charge is 0.494 e. The molecule has 0 saturated carbocycles. The fourth-order valence-electron chi connectivity index (χ4n) is 2.52. The molecule has 0 unspecified atom stereocenters. The van der Waals surface area contributed by atoms with Crippen LogP contribution in [0.25, 0.3) is 0 Å². The first-order valence-corrected chi connectivity index (χ1v) is 10.8. The third-order valence-corrected chi connectivity index (χ3v) is 5.38. The molecule has 0 atom stereocenters. The van der Waals surface area contributed by atoms with Gasteiger partial charge in [0.1, 0.15) is 5.75 Å². The number of aromatic nitrogens is 2. The first kappa shape index (κ1) is 21.3. The Balaban J connectivity index is 1.65. The van der Waals surface area contributed by atoms with Crippen LogP contribution in [0.5, 0.6) is 5.75 Å². The molecule has 1 heterocycles. The molecular weight excluding hydrogens is 404 g/mol. The quantitative estimate of drug-likeness (QED) is 0.569. The first-order valence-electron chi connectivity index (χ1n) is 9.34. The predicted molar refractivity (Wildman–Crippen MR) is 114 cm³/mol. The van der Waals surface area contributed by atoms with E-state index < -0.39 is 10.0 Å². The Morgan fingerprint density at radius 2 is 1.73 bits per heavy atom. The van der Waals surface area contributed by atoms with E-state index in [1.54, 1.807) is 37.3 Å². The van der Waals surface area contributed by atoms with Crippen molar-refractivity contribution in [3.8, 4) is 5.75 Å². The maximum absolute atomic E-state index is 12.5. The summed E-state index contributed by atoms with van der Waals surface area (Å²) in [6, 6.07) is 14.3. The van der Waals surface area contributed by atoms with Gasteiger partial charge in [-0.3, -0.25) is 4.79 Å². The lowest BCUT2D eigenvalue weighted by atomic mass is 10.2. The van der Waals surface area contributed by atoms with Crippen molar-refractivity contribution in [3.05, 3.63) is 72.1 Å². The molecule has 0 saturated heterocycles. The summed E-state index contributed by atoms with van der Waals surface area (Å²) in [6.07, 6.45) is 2.38. The SMILES string of the molecule is CCCOc1ccc(C(=O)Nc2ccc(S(=O)(=O)Nc3nccc(C)n3)cc2)cc1. The minimum atomic E-state index is -3.84. The van der Waals surface area contributed by atoms with Crippen LogP contribution in [0, 0.1) is 6.92 Å². The summed E-state index contributed by atoms with van der Waals surface area (Å²) in [5.41, 5.74) is 1.58. The molecule has 2 aromatic carbocycles. The van der Waals surface area contributed by atoms with Crippen molar-refractivity contribution in [2.75, 3.05) is 16.6 Å². The molecular formula is C21H22N4O4S. The Morgan fingerprint density at radius 3 is 2.37 bits per heavy atom. The molecule has 0 spiro atoms. The van der Waals surface area contributed by atoms with Gasteiger partial charge in [-0.05, 0) is 67.9 Å². The van der Waals surface area contributed by atoms with Crippen LogP contribution in [0.15, 0.2) is 65.7 Å². The molecule has 0 radical (unpaired) electrons. The van der Waals surface area contributed by atoms with Crippen LogP contribution in [0.3, 0.4) is 0 Å². The van der Waals surface area contributed by atoms with Gasteiger partial charge < -0.3 is 10.1 Å². The zero-order valence-electron chi connectivity index (χ0n) is 16.6. The van der Waals surface area contributed by atoms with E-state index >= 15 is 0 Å². The van der Waals surface area contributed by atoms with Crippen LogP contribution in [0.1, 0.15) is 29.4 Å². The second kappa shape index (κ2) is 9.36. The predicted octanol–water partition coefficient (Wildman–Crippen LogP) is 3.63. The number of benzene rings is 2. The van der Waals surface area contributed by atoms with Crippen LogP contribution >= 0.6 is 0 Å². The number of ether oxygens (including phenoxy) is 1.